The minimum Gasteiger partial charge on any atom is -0.507 e. The Morgan fingerprint density at radius 3 is 2.33 bits per heavy atom. The van der Waals surface area contributed by atoms with E-state index in [0.717, 1.165) is 16.8 Å². The first-order chi connectivity index (χ1) is 17.4. The molecule has 1 atom stereocenters. The van der Waals surface area contributed by atoms with Crippen molar-refractivity contribution in [3.63, 3.8) is 0 Å². The third-order valence-corrected chi connectivity index (χ3v) is 5.70. The molecule has 2 amide bonds. The maximum Gasteiger partial charge on any atom is 0.306 e. The third kappa shape index (κ3) is 5.37. The molecule has 3 aromatic carbocycles. The zero-order valence-electron chi connectivity index (χ0n) is 19.7. The largest absolute Gasteiger partial charge is 0.507 e. The number of benzene rings is 3. The van der Waals surface area contributed by atoms with Gasteiger partial charge < -0.3 is 14.8 Å². The zero-order chi connectivity index (χ0) is 25.7. The van der Waals surface area contributed by atoms with Gasteiger partial charge in [0.05, 0.1) is 11.8 Å². The predicted molar refractivity (Wildman–Crippen MR) is 135 cm³/mol. The summed E-state index contributed by atoms with van der Waals surface area (Å²) < 4.78 is 5.39. The van der Waals surface area contributed by atoms with E-state index in [2.05, 4.69) is 35.2 Å². The quantitative estimate of drug-likeness (QED) is 0.285. The van der Waals surface area contributed by atoms with Crippen molar-refractivity contribution in [3.05, 3.63) is 107 Å². The number of phenols is 1. The van der Waals surface area contributed by atoms with Gasteiger partial charge in [0.2, 0.25) is 5.76 Å². The van der Waals surface area contributed by atoms with Gasteiger partial charge in [0, 0.05) is 22.9 Å². The van der Waals surface area contributed by atoms with E-state index in [4.69, 9.17) is 9.68 Å². The number of aryl methyl sites for hydroxylation is 1. The highest BCUT2D eigenvalue weighted by molar-refractivity contribution is 6.01. The second-order valence-electron chi connectivity index (χ2n) is 8.27. The highest BCUT2D eigenvalue weighted by atomic mass is 16.3. The second-order valence-corrected chi connectivity index (χ2v) is 8.27. The number of hydrogen-bond donors (Lipinski definition) is 4. The van der Waals surface area contributed by atoms with E-state index in [1.54, 1.807) is 12.1 Å². The van der Waals surface area contributed by atoms with Crippen LogP contribution in [0.3, 0.4) is 0 Å². The molecule has 4 rings (SSSR count). The minimum absolute atomic E-state index is 0.0392. The number of anilines is 1. The average Bonchev–Trinajstić information content (AvgIpc) is 3.39. The Morgan fingerprint density at radius 2 is 1.64 bits per heavy atom. The zero-order valence-corrected chi connectivity index (χ0v) is 19.7. The van der Waals surface area contributed by atoms with Crippen molar-refractivity contribution >= 4 is 17.5 Å². The van der Waals surface area contributed by atoms with E-state index in [9.17, 15) is 14.7 Å². The van der Waals surface area contributed by atoms with Crippen molar-refractivity contribution in [3.8, 4) is 22.9 Å². The van der Waals surface area contributed by atoms with Crippen LogP contribution in [0.5, 0.6) is 5.75 Å². The molecule has 0 bridgehead atoms. The van der Waals surface area contributed by atoms with Crippen LogP contribution in [0.4, 0.5) is 5.69 Å². The lowest BCUT2D eigenvalue weighted by molar-refractivity contribution is 0.0831. The number of amides is 2. The number of furan rings is 1. The SMILES string of the molecule is Cc1ccc(NC(C)c2ccc(-c3ccoc3C(=O)NNC(=O)c3ccc(O)c(C#N)c3)cc2)cc1. The predicted octanol–water partition coefficient (Wildman–Crippen LogP) is 5.08. The summed E-state index contributed by atoms with van der Waals surface area (Å²) in [5, 5.41) is 22.0. The third-order valence-electron chi connectivity index (χ3n) is 5.70. The first-order valence-electron chi connectivity index (χ1n) is 11.2. The number of phenolic OH excluding ortho intramolecular Hbond substituents is 1. The van der Waals surface area contributed by atoms with Gasteiger partial charge in [0.1, 0.15) is 11.8 Å². The fourth-order valence-electron chi connectivity index (χ4n) is 3.66. The van der Waals surface area contributed by atoms with Gasteiger partial charge in [-0.3, -0.25) is 20.4 Å². The van der Waals surface area contributed by atoms with Crippen molar-refractivity contribution in [2.45, 2.75) is 19.9 Å². The lowest BCUT2D eigenvalue weighted by Gasteiger charge is -2.16. The lowest BCUT2D eigenvalue weighted by Crippen LogP contribution is -2.41. The molecule has 0 saturated carbocycles. The van der Waals surface area contributed by atoms with Gasteiger partial charge in [-0.15, -0.1) is 0 Å². The van der Waals surface area contributed by atoms with Gasteiger partial charge in [-0.2, -0.15) is 5.26 Å². The Hall–Kier alpha value is -5.03. The molecule has 0 saturated heterocycles. The monoisotopic (exact) mass is 480 g/mol. The van der Waals surface area contributed by atoms with E-state index < -0.39 is 11.8 Å². The number of nitrogens with zero attached hydrogens (tertiary/aromatic N) is 1. The van der Waals surface area contributed by atoms with E-state index in [1.807, 2.05) is 43.3 Å². The average molecular weight is 481 g/mol. The first-order valence-corrected chi connectivity index (χ1v) is 11.2. The molecular weight excluding hydrogens is 456 g/mol. The summed E-state index contributed by atoms with van der Waals surface area (Å²) >= 11 is 0. The maximum atomic E-state index is 12.7. The number of rotatable bonds is 6. The highest BCUT2D eigenvalue weighted by Gasteiger charge is 2.18. The fourth-order valence-corrected chi connectivity index (χ4v) is 3.66. The van der Waals surface area contributed by atoms with E-state index in [-0.39, 0.29) is 28.7 Å². The van der Waals surface area contributed by atoms with Crippen LogP contribution in [0, 0.1) is 18.3 Å². The first kappa shape index (κ1) is 24.1. The molecule has 8 heteroatoms. The van der Waals surface area contributed by atoms with Crippen LogP contribution in [-0.4, -0.2) is 16.9 Å². The Morgan fingerprint density at radius 1 is 0.944 bits per heavy atom. The van der Waals surface area contributed by atoms with Crippen LogP contribution in [-0.2, 0) is 0 Å². The molecule has 4 N–H and O–H groups in total. The molecule has 0 aliphatic carbocycles. The molecule has 8 nitrogen and oxygen atoms in total. The number of aromatic hydroxyl groups is 1. The summed E-state index contributed by atoms with van der Waals surface area (Å²) in [7, 11) is 0. The topological polar surface area (TPSA) is 127 Å². The van der Waals surface area contributed by atoms with Crippen LogP contribution in [0.2, 0.25) is 0 Å². The van der Waals surface area contributed by atoms with E-state index in [0.29, 0.717) is 5.56 Å². The van der Waals surface area contributed by atoms with Gasteiger partial charge in [0.15, 0.2) is 0 Å². The summed E-state index contributed by atoms with van der Waals surface area (Å²) in [6, 6.07) is 23.3. The summed E-state index contributed by atoms with van der Waals surface area (Å²) in [6.45, 7) is 4.12. The van der Waals surface area contributed by atoms with Gasteiger partial charge in [-0.05, 0) is 61.4 Å². The van der Waals surface area contributed by atoms with E-state index in [1.165, 1.54) is 30.0 Å². The van der Waals surface area contributed by atoms with E-state index >= 15 is 0 Å². The normalized spacial score (nSPS) is 11.2. The molecule has 0 aliphatic heterocycles. The number of nitrogens with one attached hydrogen (secondary N) is 3. The Balaban J connectivity index is 1.41. The highest BCUT2D eigenvalue weighted by Crippen LogP contribution is 2.27. The Labute approximate surface area is 208 Å². The van der Waals surface area contributed by atoms with Gasteiger partial charge in [-0.1, -0.05) is 42.0 Å². The summed E-state index contributed by atoms with van der Waals surface area (Å²) in [4.78, 5) is 25.0. The maximum absolute atomic E-state index is 12.7. The molecule has 0 radical (unpaired) electrons. The van der Waals surface area contributed by atoms with Crippen LogP contribution < -0.4 is 16.2 Å². The molecule has 4 aromatic rings. The number of carbonyl (C=O) groups is 2. The number of nitriles is 1. The fraction of sp³-hybridized carbons (Fsp3) is 0.107. The minimum atomic E-state index is -0.646. The lowest BCUT2D eigenvalue weighted by atomic mass is 10.0. The van der Waals surface area contributed by atoms with Crippen LogP contribution in [0.15, 0.2) is 83.5 Å². The van der Waals surface area contributed by atoms with Crippen molar-refractivity contribution in [2.75, 3.05) is 5.32 Å². The number of carbonyl (C=O) groups excluding carboxylic acids is 2. The Bertz CT molecular complexity index is 1430. The van der Waals surface area contributed by atoms with Gasteiger partial charge >= 0.3 is 5.91 Å². The molecule has 0 spiro atoms. The molecule has 0 fully saturated rings. The molecule has 0 aliphatic rings. The molecule has 180 valence electrons. The molecule has 1 aromatic heterocycles. The second kappa shape index (κ2) is 10.5. The van der Waals surface area contributed by atoms with Gasteiger partial charge in [0.25, 0.3) is 5.91 Å². The van der Waals surface area contributed by atoms with Gasteiger partial charge in [-0.25, -0.2) is 0 Å². The standard InChI is InChI=1S/C28H24N4O4/c1-17-3-10-23(11-4-17)30-18(2)19-5-7-20(8-6-19)24-13-14-36-26(24)28(35)32-31-27(34)21-9-12-25(33)22(15-21)16-29/h3-15,18,30,33H,1-2H3,(H,31,34)(H,32,35). The summed E-state index contributed by atoms with van der Waals surface area (Å²) in [6.07, 6.45) is 1.40. The van der Waals surface area contributed by atoms with Crippen LogP contribution in [0.1, 0.15) is 50.6 Å². The smallest absolute Gasteiger partial charge is 0.306 e. The molecule has 1 heterocycles. The summed E-state index contributed by atoms with van der Waals surface area (Å²) in [5.41, 5.74) is 9.33. The Kier molecular flexibility index (Phi) is 7.02. The summed E-state index contributed by atoms with van der Waals surface area (Å²) in [5.74, 6) is -1.48. The van der Waals surface area contributed by atoms with Crippen molar-refractivity contribution in [1.29, 1.82) is 5.26 Å². The van der Waals surface area contributed by atoms with Crippen LogP contribution in [0.25, 0.3) is 11.1 Å². The van der Waals surface area contributed by atoms with Crippen molar-refractivity contribution < 1.29 is 19.1 Å². The molecule has 1 unspecified atom stereocenters. The van der Waals surface area contributed by atoms with Crippen molar-refractivity contribution in [1.82, 2.24) is 10.9 Å². The molecule has 36 heavy (non-hydrogen) atoms. The molecular formula is C28H24N4O4. The number of hydrazine groups is 1. The van der Waals surface area contributed by atoms with Crippen LogP contribution >= 0.6 is 0 Å². The number of hydrogen-bond acceptors (Lipinski definition) is 6. The van der Waals surface area contributed by atoms with Crippen molar-refractivity contribution in [2.24, 2.45) is 0 Å².